The van der Waals surface area contributed by atoms with Crippen LogP contribution in [0.15, 0.2) is 12.1 Å². The van der Waals surface area contributed by atoms with Gasteiger partial charge in [0.1, 0.15) is 5.82 Å². The van der Waals surface area contributed by atoms with Crippen LogP contribution < -0.4 is 5.32 Å². The molecule has 0 atom stereocenters. The summed E-state index contributed by atoms with van der Waals surface area (Å²) in [6, 6.07) is 3.95. The Morgan fingerprint density at radius 1 is 1.30 bits per heavy atom. The molecular weight excluding hydrogens is 270 g/mol. The number of thioether (sulfide) groups is 1. The Morgan fingerprint density at radius 2 is 2.05 bits per heavy atom. The summed E-state index contributed by atoms with van der Waals surface area (Å²) in [6.45, 7) is 7.34. The molecule has 0 unspecified atom stereocenters. The van der Waals surface area contributed by atoms with Crippen molar-refractivity contribution >= 4 is 23.2 Å². The molecule has 2 aromatic heterocycles. The summed E-state index contributed by atoms with van der Waals surface area (Å²) in [6.07, 6.45) is 4.77. The first kappa shape index (κ1) is 13.7. The van der Waals surface area contributed by atoms with E-state index in [4.69, 9.17) is 0 Å². The summed E-state index contributed by atoms with van der Waals surface area (Å²) in [5, 5.41) is 16.5. The van der Waals surface area contributed by atoms with Gasteiger partial charge in [-0.2, -0.15) is 16.3 Å². The topological polar surface area (TPSA) is 55.1 Å². The van der Waals surface area contributed by atoms with Gasteiger partial charge in [-0.3, -0.25) is 0 Å². The van der Waals surface area contributed by atoms with Crippen molar-refractivity contribution in [1.82, 2.24) is 19.8 Å². The summed E-state index contributed by atoms with van der Waals surface area (Å²) in [5.41, 5.74) is 0.730. The third kappa shape index (κ3) is 2.49. The lowest BCUT2D eigenvalue weighted by molar-refractivity contribution is 0.527. The predicted octanol–water partition coefficient (Wildman–Crippen LogP) is 2.73. The van der Waals surface area contributed by atoms with Crippen molar-refractivity contribution in [3.63, 3.8) is 0 Å². The zero-order valence-electron chi connectivity index (χ0n) is 12.5. The molecule has 1 aliphatic carbocycles. The van der Waals surface area contributed by atoms with Crippen LogP contribution in [0.25, 0.3) is 5.65 Å². The Bertz CT molecular complexity index is 624. The summed E-state index contributed by atoms with van der Waals surface area (Å²) < 4.78 is 2.28. The minimum atomic E-state index is -0.0674. The van der Waals surface area contributed by atoms with Crippen LogP contribution in [-0.4, -0.2) is 37.4 Å². The van der Waals surface area contributed by atoms with Gasteiger partial charge in [-0.25, -0.2) is 0 Å². The maximum atomic E-state index is 4.64. The average molecular weight is 291 g/mol. The maximum Gasteiger partial charge on any atom is 0.178 e. The minimum absolute atomic E-state index is 0.0674. The van der Waals surface area contributed by atoms with Gasteiger partial charge in [-0.15, -0.1) is 15.3 Å². The van der Waals surface area contributed by atoms with Gasteiger partial charge < -0.3 is 5.32 Å². The van der Waals surface area contributed by atoms with Crippen molar-refractivity contribution in [1.29, 1.82) is 0 Å². The van der Waals surface area contributed by atoms with Gasteiger partial charge >= 0.3 is 0 Å². The Kier molecular flexibility index (Phi) is 3.16. The van der Waals surface area contributed by atoms with Gasteiger partial charge in [0.25, 0.3) is 0 Å². The van der Waals surface area contributed by atoms with E-state index in [2.05, 4.69) is 47.6 Å². The smallest absolute Gasteiger partial charge is 0.178 e. The fourth-order valence-electron chi connectivity index (χ4n) is 2.19. The van der Waals surface area contributed by atoms with Crippen molar-refractivity contribution in [2.45, 2.75) is 43.8 Å². The van der Waals surface area contributed by atoms with Gasteiger partial charge in [0.15, 0.2) is 11.5 Å². The molecule has 108 valence electrons. The molecule has 1 N–H and O–H groups in total. The average Bonchev–Trinajstić information content (AvgIpc) is 3.05. The third-order valence-corrected chi connectivity index (χ3v) is 5.18. The summed E-state index contributed by atoms with van der Waals surface area (Å²) in [7, 11) is 0. The first-order valence-corrected chi connectivity index (χ1v) is 8.18. The van der Waals surface area contributed by atoms with Crippen molar-refractivity contribution in [2.75, 3.05) is 18.1 Å². The third-order valence-electron chi connectivity index (χ3n) is 3.77. The molecule has 3 rings (SSSR count). The van der Waals surface area contributed by atoms with Crippen LogP contribution in [0.3, 0.4) is 0 Å². The van der Waals surface area contributed by atoms with Crippen LogP contribution in [0, 0.1) is 0 Å². The maximum absolute atomic E-state index is 4.64. The highest BCUT2D eigenvalue weighted by molar-refractivity contribution is 8.00. The molecule has 0 amide bonds. The molecule has 20 heavy (non-hydrogen) atoms. The van der Waals surface area contributed by atoms with E-state index in [-0.39, 0.29) is 5.41 Å². The predicted molar refractivity (Wildman–Crippen MR) is 83.5 cm³/mol. The second-order valence-corrected chi connectivity index (χ2v) is 7.78. The van der Waals surface area contributed by atoms with Crippen molar-refractivity contribution in [3.05, 3.63) is 18.0 Å². The van der Waals surface area contributed by atoms with Crippen LogP contribution in [0.2, 0.25) is 0 Å². The highest BCUT2D eigenvalue weighted by atomic mass is 32.2. The summed E-state index contributed by atoms with van der Waals surface area (Å²) in [4.78, 5) is 0. The van der Waals surface area contributed by atoms with Crippen molar-refractivity contribution < 1.29 is 0 Å². The molecule has 5 nitrogen and oxygen atoms in total. The molecule has 0 spiro atoms. The molecule has 1 aliphatic rings. The second kappa shape index (κ2) is 4.62. The minimum Gasteiger partial charge on any atom is -0.367 e. The summed E-state index contributed by atoms with van der Waals surface area (Å²) >= 11 is 1.95. The van der Waals surface area contributed by atoms with E-state index in [1.54, 1.807) is 0 Å². The number of anilines is 1. The molecular formula is C14H21N5S. The van der Waals surface area contributed by atoms with Gasteiger partial charge in [0.2, 0.25) is 0 Å². The molecule has 0 bridgehead atoms. The van der Waals surface area contributed by atoms with E-state index >= 15 is 0 Å². The normalized spacial score (nSPS) is 17.4. The molecule has 0 aromatic carbocycles. The number of aromatic nitrogens is 4. The van der Waals surface area contributed by atoms with Gasteiger partial charge in [-0.1, -0.05) is 20.8 Å². The lowest BCUT2D eigenvalue weighted by atomic mass is 9.96. The van der Waals surface area contributed by atoms with Gasteiger partial charge in [0.05, 0.1) is 0 Å². The number of hydrogen-bond acceptors (Lipinski definition) is 5. The van der Waals surface area contributed by atoms with Crippen molar-refractivity contribution in [3.8, 4) is 0 Å². The zero-order chi connectivity index (χ0) is 14.4. The highest BCUT2D eigenvalue weighted by Gasteiger charge is 2.41. The van der Waals surface area contributed by atoms with Crippen LogP contribution in [0.4, 0.5) is 5.82 Å². The van der Waals surface area contributed by atoms with E-state index in [0.29, 0.717) is 4.75 Å². The number of fused-ring (bicyclic) bond motifs is 1. The van der Waals surface area contributed by atoms with Gasteiger partial charge in [-0.05, 0) is 31.2 Å². The molecule has 0 aliphatic heterocycles. The van der Waals surface area contributed by atoms with Crippen LogP contribution in [-0.2, 0) is 5.41 Å². The Balaban J connectivity index is 1.86. The molecule has 2 aromatic rings. The number of nitrogens with one attached hydrogen (secondary N) is 1. The molecule has 1 fully saturated rings. The van der Waals surface area contributed by atoms with Crippen LogP contribution in [0.1, 0.15) is 39.4 Å². The molecule has 2 heterocycles. The second-order valence-electron chi connectivity index (χ2n) is 6.50. The Morgan fingerprint density at radius 3 is 2.65 bits per heavy atom. The van der Waals surface area contributed by atoms with E-state index in [1.807, 2.05) is 28.4 Å². The SMILES string of the molecule is CSC1(CNc2ccc3nnc(C(C)(C)C)n3n2)CC1. The van der Waals surface area contributed by atoms with E-state index < -0.39 is 0 Å². The molecule has 1 saturated carbocycles. The quantitative estimate of drug-likeness (QED) is 0.938. The lowest BCUT2D eigenvalue weighted by Crippen LogP contribution is -2.20. The summed E-state index contributed by atoms with van der Waals surface area (Å²) in [5.74, 6) is 1.78. The zero-order valence-corrected chi connectivity index (χ0v) is 13.3. The lowest BCUT2D eigenvalue weighted by Gasteiger charge is -2.16. The largest absolute Gasteiger partial charge is 0.367 e. The Hall–Kier alpha value is -1.30. The standard InChI is InChI=1S/C14H21N5S/c1-13(2,3)12-17-16-11-6-5-10(18-19(11)12)15-9-14(20-4)7-8-14/h5-6H,7-9H2,1-4H3,(H,15,18). The van der Waals surface area contributed by atoms with E-state index in [1.165, 1.54) is 12.8 Å². The fraction of sp³-hybridized carbons (Fsp3) is 0.643. The number of hydrogen-bond donors (Lipinski definition) is 1. The monoisotopic (exact) mass is 291 g/mol. The van der Waals surface area contributed by atoms with Crippen LogP contribution >= 0.6 is 11.8 Å². The number of rotatable bonds is 4. The number of nitrogens with zero attached hydrogens (tertiary/aromatic N) is 4. The molecule has 0 radical (unpaired) electrons. The fourth-order valence-corrected chi connectivity index (χ4v) is 2.92. The first-order chi connectivity index (χ1) is 9.43. The Labute approximate surface area is 123 Å². The van der Waals surface area contributed by atoms with E-state index in [0.717, 1.165) is 23.8 Å². The van der Waals surface area contributed by atoms with Crippen LogP contribution in [0.5, 0.6) is 0 Å². The van der Waals surface area contributed by atoms with Crippen molar-refractivity contribution in [2.24, 2.45) is 0 Å². The van der Waals surface area contributed by atoms with E-state index in [9.17, 15) is 0 Å². The van der Waals surface area contributed by atoms with Gasteiger partial charge in [0, 0.05) is 16.7 Å². The molecule has 0 saturated heterocycles. The first-order valence-electron chi connectivity index (χ1n) is 6.96. The highest BCUT2D eigenvalue weighted by Crippen LogP contribution is 2.46. The molecule has 6 heteroatoms.